The van der Waals surface area contributed by atoms with E-state index in [1.807, 2.05) is 13.0 Å². The minimum Gasteiger partial charge on any atom is -0.508 e. The fourth-order valence-electron chi connectivity index (χ4n) is 2.95. The molecule has 0 spiro atoms. The van der Waals surface area contributed by atoms with Crippen LogP contribution in [0.5, 0.6) is 5.75 Å². The van der Waals surface area contributed by atoms with Crippen LogP contribution < -0.4 is 5.63 Å². The number of phenolic OH excluding ortho intramolecular Hbond substituents is 1. The first-order valence-corrected chi connectivity index (χ1v) is 8.36. The Bertz CT molecular complexity index is 698. The Balaban J connectivity index is 2.40. The molecule has 0 aliphatic rings. The van der Waals surface area contributed by atoms with Gasteiger partial charge in [0.2, 0.25) is 0 Å². The molecule has 1 N–H and O–H groups in total. The summed E-state index contributed by atoms with van der Waals surface area (Å²) in [7, 11) is 0. The highest BCUT2D eigenvalue weighted by Crippen LogP contribution is 2.29. The lowest BCUT2D eigenvalue weighted by molar-refractivity contribution is 0.464. The molecule has 2 rings (SSSR count). The summed E-state index contributed by atoms with van der Waals surface area (Å²) in [5, 5.41) is 11.1. The van der Waals surface area contributed by atoms with Crippen LogP contribution in [0.25, 0.3) is 11.0 Å². The summed E-state index contributed by atoms with van der Waals surface area (Å²) in [4.78, 5) is 12.0. The van der Waals surface area contributed by atoms with Crippen LogP contribution >= 0.6 is 0 Å². The molecule has 1 aromatic carbocycles. The van der Waals surface area contributed by atoms with E-state index in [-0.39, 0.29) is 11.4 Å². The van der Waals surface area contributed by atoms with E-state index in [2.05, 4.69) is 13.8 Å². The number of aromatic hydroxyl groups is 1. The highest BCUT2D eigenvalue weighted by Gasteiger charge is 2.13. The van der Waals surface area contributed by atoms with Gasteiger partial charge in [0.25, 0.3) is 0 Å². The number of aryl methyl sites for hydroxylation is 2. The van der Waals surface area contributed by atoms with Crippen LogP contribution in [0.2, 0.25) is 0 Å². The monoisotopic (exact) mass is 302 g/mol. The third-order valence-corrected chi connectivity index (χ3v) is 4.29. The standard InChI is InChI=1S/C19H26O3/c1-4-6-7-8-10-14-11-16-13(3)15(9-5-2)19(21)22-18(16)12-17(14)20/h11-12,20H,4-10H2,1-3H3. The van der Waals surface area contributed by atoms with Gasteiger partial charge in [-0.3, -0.25) is 0 Å². The largest absolute Gasteiger partial charge is 0.508 e. The summed E-state index contributed by atoms with van der Waals surface area (Å²) < 4.78 is 5.39. The van der Waals surface area contributed by atoms with Crippen LogP contribution in [0.4, 0.5) is 0 Å². The van der Waals surface area contributed by atoms with Crippen molar-refractivity contribution in [3.05, 3.63) is 39.2 Å². The van der Waals surface area contributed by atoms with Crippen molar-refractivity contribution in [3.8, 4) is 5.75 Å². The molecule has 0 unspecified atom stereocenters. The maximum absolute atomic E-state index is 12.0. The molecule has 0 fully saturated rings. The minimum atomic E-state index is -0.276. The van der Waals surface area contributed by atoms with Gasteiger partial charge in [-0.25, -0.2) is 4.79 Å². The van der Waals surface area contributed by atoms with Crippen LogP contribution in [0.1, 0.15) is 62.6 Å². The van der Waals surface area contributed by atoms with E-state index in [0.29, 0.717) is 5.58 Å². The van der Waals surface area contributed by atoms with Crippen molar-refractivity contribution >= 4 is 11.0 Å². The SMILES string of the molecule is CCCCCCc1cc2c(C)c(CCC)c(=O)oc2cc1O. The first-order valence-electron chi connectivity index (χ1n) is 8.36. The van der Waals surface area contributed by atoms with Gasteiger partial charge >= 0.3 is 5.63 Å². The third-order valence-electron chi connectivity index (χ3n) is 4.29. The van der Waals surface area contributed by atoms with Gasteiger partial charge in [-0.2, -0.15) is 0 Å². The van der Waals surface area contributed by atoms with Gasteiger partial charge in [-0.1, -0.05) is 39.5 Å². The maximum atomic E-state index is 12.0. The second-order valence-corrected chi connectivity index (χ2v) is 6.03. The van der Waals surface area contributed by atoms with Crippen LogP contribution in [0.3, 0.4) is 0 Å². The molecule has 0 radical (unpaired) electrons. The van der Waals surface area contributed by atoms with Gasteiger partial charge < -0.3 is 9.52 Å². The number of benzene rings is 1. The zero-order valence-electron chi connectivity index (χ0n) is 13.9. The van der Waals surface area contributed by atoms with E-state index >= 15 is 0 Å². The number of hydrogen-bond donors (Lipinski definition) is 1. The Labute approximate surface area is 132 Å². The summed E-state index contributed by atoms with van der Waals surface area (Å²) in [6, 6.07) is 3.59. The van der Waals surface area contributed by atoms with Gasteiger partial charge in [0.1, 0.15) is 11.3 Å². The molecule has 0 aliphatic carbocycles. The number of hydrogen-bond acceptors (Lipinski definition) is 3. The molecule has 1 aromatic heterocycles. The summed E-state index contributed by atoms with van der Waals surface area (Å²) in [5.41, 5.74) is 2.91. The molecule has 0 atom stereocenters. The van der Waals surface area contributed by atoms with E-state index in [9.17, 15) is 9.90 Å². The van der Waals surface area contributed by atoms with E-state index in [4.69, 9.17) is 4.42 Å². The fourth-order valence-corrected chi connectivity index (χ4v) is 2.95. The second-order valence-electron chi connectivity index (χ2n) is 6.03. The van der Waals surface area contributed by atoms with E-state index < -0.39 is 0 Å². The molecule has 3 nitrogen and oxygen atoms in total. The minimum absolute atomic E-state index is 0.231. The summed E-state index contributed by atoms with van der Waals surface area (Å²) in [6.07, 6.45) is 7.19. The van der Waals surface area contributed by atoms with Crippen molar-refractivity contribution in [1.29, 1.82) is 0 Å². The van der Waals surface area contributed by atoms with E-state index in [1.54, 1.807) is 6.07 Å². The smallest absolute Gasteiger partial charge is 0.339 e. The van der Waals surface area contributed by atoms with E-state index in [1.165, 1.54) is 19.3 Å². The lowest BCUT2D eigenvalue weighted by atomic mass is 9.98. The molecule has 3 heteroatoms. The lowest BCUT2D eigenvalue weighted by Crippen LogP contribution is -2.10. The number of phenols is 1. The van der Waals surface area contributed by atoms with Crippen molar-refractivity contribution in [2.45, 2.75) is 65.7 Å². The normalized spacial score (nSPS) is 11.2. The van der Waals surface area contributed by atoms with Crippen LogP contribution in [-0.2, 0) is 12.8 Å². The molecule has 0 bridgehead atoms. The van der Waals surface area contributed by atoms with Gasteiger partial charge in [-0.15, -0.1) is 0 Å². The summed E-state index contributed by atoms with van der Waals surface area (Å²) in [5.74, 6) is 0.231. The zero-order chi connectivity index (χ0) is 16.1. The Morgan fingerprint density at radius 1 is 1.05 bits per heavy atom. The van der Waals surface area contributed by atoms with Crippen molar-refractivity contribution in [2.24, 2.45) is 0 Å². The predicted octanol–water partition coefficient (Wildman–Crippen LogP) is 4.88. The van der Waals surface area contributed by atoms with Crippen molar-refractivity contribution in [1.82, 2.24) is 0 Å². The van der Waals surface area contributed by atoms with Gasteiger partial charge in [0, 0.05) is 17.0 Å². The highest BCUT2D eigenvalue weighted by atomic mass is 16.4. The van der Waals surface area contributed by atoms with Crippen LogP contribution in [0, 0.1) is 6.92 Å². The second kappa shape index (κ2) is 7.48. The van der Waals surface area contributed by atoms with E-state index in [0.717, 1.165) is 47.8 Å². The molecule has 0 amide bonds. The number of rotatable bonds is 7. The Morgan fingerprint density at radius 3 is 2.50 bits per heavy atom. The lowest BCUT2D eigenvalue weighted by Gasteiger charge is -2.10. The van der Waals surface area contributed by atoms with Gasteiger partial charge in [0.15, 0.2) is 0 Å². The number of unbranched alkanes of at least 4 members (excludes halogenated alkanes) is 3. The third kappa shape index (κ3) is 3.52. The van der Waals surface area contributed by atoms with Crippen molar-refractivity contribution in [3.63, 3.8) is 0 Å². The quantitative estimate of drug-likeness (QED) is 0.585. The average molecular weight is 302 g/mol. The summed E-state index contributed by atoms with van der Waals surface area (Å²) in [6.45, 7) is 6.22. The maximum Gasteiger partial charge on any atom is 0.339 e. The molecule has 0 aliphatic heterocycles. The Kier molecular flexibility index (Phi) is 5.64. The van der Waals surface area contributed by atoms with Crippen molar-refractivity contribution in [2.75, 3.05) is 0 Å². The average Bonchev–Trinajstić information content (AvgIpc) is 2.49. The first-order chi connectivity index (χ1) is 10.6. The first kappa shape index (κ1) is 16.6. The van der Waals surface area contributed by atoms with Crippen LogP contribution in [0.15, 0.2) is 21.3 Å². The molecular weight excluding hydrogens is 276 g/mol. The summed E-state index contributed by atoms with van der Waals surface area (Å²) >= 11 is 0. The molecule has 22 heavy (non-hydrogen) atoms. The van der Waals surface area contributed by atoms with Gasteiger partial charge in [0.05, 0.1) is 0 Å². The molecule has 0 saturated heterocycles. The predicted molar refractivity (Wildman–Crippen MR) is 90.7 cm³/mol. The molecular formula is C19H26O3. The highest BCUT2D eigenvalue weighted by molar-refractivity contribution is 5.83. The zero-order valence-corrected chi connectivity index (χ0v) is 13.9. The Hall–Kier alpha value is -1.77. The number of fused-ring (bicyclic) bond motifs is 1. The van der Waals surface area contributed by atoms with Crippen LogP contribution in [-0.4, -0.2) is 5.11 Å². The van der Waals surface area contributed by atoms with Crippen molar-refractivity contribution < 1.29 is 9.52 Å². The fraction of sp³-hybridized carbons (Fsp3) is 0.526. The molecule has 2 aromatic rings. The molecule has 0 saturated carbocycles. The topological polar surface area (TPSA) is 50.4 Å². The Morgan fingerprint density at radius 2 is 1.82 bits per heavy atom. The molecule has 1 heterocycles. The molecule has 120 valence electrons. The van der Waals surface area contributed by atoms with Gasteiger partial charge in [-0.05, 0) is 43.4 Å².